The van der Waals surface area contributed by atoms with Crippen LogP contribution in [0.3, 0.4) is 0 Å². The van der Waals surface area contributed by atoms with E-state index in [4.69, 9.17) is 0 Å². The zero-order valence-electron chi connectivity index (χ0n) is 9.63. The summed E-state index contributed by atoms with van der Waals surface area (Å²) < 4.78 is 37.9. The summed E-state index contributed by atoms with van der Waals surface area (Å²) in [6.07, 6.45) is -3.40. The normalized spacial score (nSPS) is 22.2. The van der Waals surface area contributed by atoms with E-state index >= 15 is 0 Å². The lowest BCUT2D eigenvalue weighted by Gasteiger charge is -2.32. The molecule has 2 aliphatic heterocycles. The molecule has 0 amide bonds. The quantitative estimate of drug-likeness (QED) is 0.784. The number of nitrogens with zero attached hydrogens (tertiary/aromatic N) is 1. The molecule has 0 spiro atoms. The van der Waals surface area contributed by atoms with Crippen molar-refractivity contribution in [2.45, 2.75) is 18.6 Å². The van der Waals surface area contributed by atoms with Gasteiger partial charge < -0.3 is 10.2 Å². The highest BCUT2D eigenvalue weighted by Gasteiger charge is 2.35. The van der Waals surface area contributed by atoms with Crippen LogP contribution in [0.4, 0.5) is 18.9 Å². The van der Waals surface area contributed by atoms with Crippen molar-refractivity contribution < 1.29 is 13.2 Å². The summed E-state index contributed by atoms with van der Waals surface area (Å²) in [5.74, 6) is 0. The molecule has 3 rings (SSSR count). The molecule has 1 atom stereocenters. The van der Waals surface area contributed by atoms with E-state index < -0.39 is 11.7 Å². The second-order valence-electron chi connectivity index (χ2n) is 4.60. The van der Waals surface area contributed by atoms with E-state index in [9.17, 15) is 13.2 Å². The van der Waals surface area contributed by atoms with Crippen LogP contribution < -0.4 is 10.2 Å². The minimum Gasteiger partial charge on any atom is -0.365 e. The Labute approximate surface area is 110 Å². The molecule has 0 saturated carbocycles. The van der Waals surface area contributed by atoms with E-state index in [1.54, 1.807) is 6.07 Å². The Hall–Kier alpha value is -0.940. The smallest absolute Gasteiger partial charge is 0.365 e. The first-order valence-corrected chi connectivity index (χ1v) is 5.73. The van der Waals surface area contributed by atoms with E-state index in [1.807, 2.05) is 0 Å². The van der Waals surface area contributed by atoms with Crippen LogP contribution in [0, 0.1) is 0 Å². The molecule has 1 fully saturated rings. The molecule has 1 aromatic carbocycles. The summed E-state index contributed by atoms with van der Waals surface area (Å²) in [6.45, 7) is 2.49. The molecule has 18 heavy (non-hydrogen) atoms. The standard InChI is InChI=1S/C12H13F3N2.ClH/c13-12(14,15)9-2-1-8-5-10-7-16-3-4-17(10)11(8)6-9;/h1-2,6,10,16H,3-5,7H2;1H. The topological polar surface area (TPSA) is 15.3 Å². The minimum absolute atomic E-state index is 0. The number of rotatable bonds is 0. The highest BCUT2D eigenvalue weighted by molar-refractivity contribution is 5.85. The van der Waals surface area contributed by atoms with Crippen molar-refractivity contribution in [3.8, 4) is 0 Å². The number of hydrogen-bond donors (Lipinski definition) is 1. The number of hydrogen-bond acceptors (Lipinski definition) is 2. The van der Waals surface area contributed by atoms with E-state index in [2.05, 4.69) is 10.2 Å². The minimum atomic E-state index is -4.25. The number of anilines is 1. The van der Waals surface area contributed by atoms with Gasteiger partial charge in [0.15, 0.2) is 0 Å². The van der Waals surface area contributed by atoms with Crippen molar-refractivity contribution in [1.82, 2.24) is 5.32 Å². The fourth-order valence-corrected chi connectivity index (χ4v) is 2.69. The van der Waals surface area contributed by atoms with Crippen LogP contribution >= 0.6 is 12.4 Å². The van der Waals surface area contributed by atoms with E-state index in [1.165, 1.54) is 12.1 Å². The lowest BCUT2D eigenvalue weighted by Crippen LogP contribution is -2.49. The Morgan fingerprint density at radius 1 is 1.28 bits per heavy atom. The summed E-state index contributed by atoms with van der Waals surface area (Å²) in [4.78, 5) is 2.10. The maximum absolute atomic E-state index is 12.6. The van der Waals surface area contributed by atoms with Crippen LogP contribution in [-0.2, 0) is 12.6 Å². The molecule has 1 saturated heterocycles. The van der Waals surface area contributed by atoms with Crippen molar-refractivity contribution >= 4 is 18.1 Å². The molecule has 0 bridgehead atoms. The van der Waals surface area contributed by atoms with Gasteiger partial charge >= 0.3 is 6.18 Å². The van der Waals surface area contributed by atoms with E-state index in [-0.39, 0.29) is 12.4 Å². The Balaban J connectivity index is 0.00000120. The summed E-state index contributed by atoms with van der Waals surface area (Å²) in [6, 6.07) is 4.42. The molecule has 6 heteroatoms. The zero-order chi connectivity index (χ0) is 12.0. The maximum Gasteiger partial charge on any atom is 0.416 e. The average molecular weight is 279 g/mol. The largest absolute Gasteiger partial charge is 0.416 e. The zero-order valence-corrected chi connectivity index (χ0v) is 10.4. The molecule has 2 nitrogen and oxygen atoms in total. The van der Waals surface area contributed by atoms with Crippen LogP contribution in [0.5, 0.6) is 0 Å². The van der Waals surface area contributed by atoms with Crippen molar-refractivity contribution in [1.29, 1.82) is 0 Å². The predicted molar refractivity (Wildman–Crippen MR) is 66.4 cm³/mol. The molecule has 0 aliphatic carbocycles. The summed E-state index contributed by atoms with van der Waals surface area (Å²) in [7, 11) is 0. The fraction of sp³-hybridized carbons (Fsp3) is 0.500. The first-order valence-electron chi connectivity index (χ1n) is 5.73. The predicted octanol–water partition coefficient (Wildman–Crippen LogP) is 2.46. The van der Waals surface area contributed by atoms with Gasteiger partial charge in [0.05, 0.1) is 5.56 Å². The van der Waals surface area contributed by atoms with Crippen molar-refractivity contribution in [2.75, 3.05) is 24.5 Å². The van der Waals surface area contributed by atoms with Crippen LogP contribution in [0.25, 0.3) is 0 Å². The Morgan fingerprint density at radius 3 is 2.78 bits per heavy atom. The van der Waals surface area contributed by atoms with Crippen LogP contribution in [-0.4, -0.2) is 25.7 Å². The molecule has 1 aromatic rings. The van der Waals surface area contributed by atoms with E-state index in [0.29, 0.717) is 6.04 Å². The molecule has 1 N–H and O–H groups in total. The first-order chi connectivity index (χ1) is 8.05. The molecule has 2 heterocycles. The lowest BCUT2D eigenvalue weighted by atomic mass is 10.1. The molecule has 1 unspecified atom stereocenters. The van der Waals surface area contributed by atoms with Gasteiger partial charge in [0.1, 0.15) is 0 Å². The van der Waals surface area contributed by atoms with Crippen LogP contribution in [0.2, 0.25) is 0 Å². The molecular weight excluding hydrogens is 265 g/mol. The molecule has 100 valence electrons. The second-order valence-corrected chi connectivity index (χ2v) is 4.60. The SMILES string of the molecule is Cl.FC(F)(F)c1ccc2c(c1)N1CCNCC1C2. The van der Waals surface area contributed by atoms with Gasteiger partial charge in [-0.1, -0.05) is 6.07 Å². The number of nitrogens with one attached hydrogen (secondary N) is 1. The molecular formula is C12H14ClF3N2. The third-order valence-electron chi connectivity index (χ3n) is 3.53. The van der Waals surface area contributed by atoms with Gasteiger partial charge in [-0.2, -0.15) is 13.2 Å². The third kappa shape index (κ3) is 2.17. The first kappa shape index (κ1) is 13.5. The number of benzene rings is 1. The summed E-state index contributed by atoms with van der Waals surface area (Å²) >= 11 is 0. The van der Waals surface area contributed by atoms with Gasteiger partial charge in [0, 0.05) is 31.4 Å². The van der Waals surface area contributed by atoms with Crippen LogP contribution in [0.1, 0.15) is 11.1 Å². The van der Waals surface area contributed by atoms with Gasteiger partial charge in [0.25, 0.3) is 0 Å². The van der Waals surface area contributed by atoms with Gasteiger partial charge in [-0.15, -0.1) is 12.4 Å². The number of piperazine rings is 1. The summed E-state index contributed by atoms with van der Waals surface area (Å²) in [5, 5.41) is 3.27. The Morgan fingerprint density at radius 2 is 2.06 bits per heavy atom. The highest BCUT2D eigenvalue weighted by atomic mass is 35.5. The number of alkyl halides is 3. The number of fused-ring (bicyclic) bond motifs is 3. The fourth-order valence-electron chi connectivity index (χ4n) is 2.69. The Kier molecular flexibility index (Phi) is 3.47. The van der Waals surface area contributed by atoms with Crippen molar-refractivity contribution in [3.63, 3.8) is 0 Å². The maximum atomic E-state index is 12.6. The lowest BCUT2D eigenvalue weighted by molar-refractivity contribution is -0.137. The second kappa shape index (κ2) is 4.63. The van der Waals surface area contributed by atoms with E-state index in [0.717, 1.165) is 37.3 Å². The van der Waals surface area contributed by atoms with Gasteiger partial charge in [0.2, 0.25) is 0 Å². The third-order valence-corrected chi connectivity index (χ3v) is 3.53. The molecule has 2 aliphatic rings. The average Bonchev–Trinajstić information content (AvgIpc) is 2.65. The highest BCUT2D eigenvalue weighted by Crippen LogP contribution is 2.38. The number of halogens is 4. The summed E-state index contributed by atoms with van der Waals surface area (Å²) in [5.41, 5.74) is 1.26. The van der Waals surface area contributed by atoms with Crippen molar-refractivity contribution in [2.24, 2.45) is 0 Å². The van der Waals surface area contributed by atoms with Gasteiger partial charge in [-0.05, 0) is 24.1 Å². The molecule has 0 radical (unpaired) electrons. The van der Waals surface area contributed by atoms with Crippen LogP contribution in [0.15, 0.2) is 18.2 Å². The molecule has 0 aromatic heterocycles. The Bertz CT molecular complexity index is 447. The van der Waals surface area contributed by atoms with Gasteiger partial charge in [-0.3, -0.25) is 0 Å². The van der Waals surface area contributed by atoms with Gasteiger partial charge in [-0.25, -0.2) is 0 Å². The van der Waals surface area contributed by atoms with Crippen molar-refractivity contribution in [3.05, 3.63) is 29.3 Å². The monoisotopic (exact) mass is 278 g/mol.